The third kappa shape index (κ3) is 2.88. The molecule has 3 nitrogen and oxygen atoms in total. The van der Waals surface area contributed by atoms with Gasteiger partial charge in [0.05, 0.1) is 0 Å². The molecule has 0 radical (unpaired) electrons. The average Bonchev–Trinajstić information content (AvgIpc) is 2.39. The quantitative estimate of drug-likeness (QED) is 0.890. The first kappa shape index (κ1) is 13.0. The Morgan fingerprint density at radius 1 is 1.00 bits per heavy atom. The summed E-state index contributed by atoms with van der Waals surface area (Å²) >= 11 is 0. The molecule has 0 fully saturated rings. The Bertz CT molecular complexity index is 567. The topological polar surface area (TPSA) is 49.3 Å². The lowest BCUT2D eigenvalue weighted by Crippen LogP contribution is -2.21. The van der Waals surface area contributed by atoms with Crippen LogP contribution in [0.3, 0.4) is 0 Å². The first-order valence-electron chi connectivity index (χ1n) is 5.58. The summed E-state index contributed by atoms with van der Waals surface area (Å²) in [6.45, 7) is 0. The van der Waals surface area contributed by atoms with Crippen molar-refractivity contribution in [2.45, 2.75) is 6.04 Å². The van der Waals surface area contributed by atoms with Gasteiger partial charge >= 0.3 is 5.97 Å². The van der Waals surface area contributed by atoms with Gasteiger partial charge in [0.1, 0.15) is 17.3 Å². The highest BCUT2D eigenvalue weighted by Crippen LogP contribution is 2.24. The van der Waals surface area contributed by atoms with E-state index in [1.807, 2.05) is 0 Å². The maximum Gasteiger partial charge on any atom is 0.330 e. The number of carbonyl (C=O) groups is 1. The van der Waals surface area contributed by atoms with Crippen molar-refractivity contribution in [1.82, 2.24) is 0 Å². The summed E-state index contributed by atoms with van der Waals surface area (Å²) in [5.41, 5.74) is -0.0311. The van der Waals surface area contributed by atoms with E-state index in [1.54, 1.807) is 30.3 Å². The fourth-order valence-electron chi connectivity index (χ4n) is 1.71. The van der Waals surface area contributed by atoms with Crippen LogP contribution >= 0.6 is 0 Å². The number of carboxylic acid groups (broad SMARTS) is 1. The summed E-state index contributed by atoms with van der Waals surface area (Å²) in [7, 11) is 0. The molecule has 0 spiro atoms. The SMILES string of the molecule is O=C(O)C(Nc1c(F)cccc1F)c1ccccc1. The van der Waals surface area contributed by atoms with Crippen molar-refractivity contribution in [3.05, 3.63) is 65.7 Å². The van der Waals surface area contributed by atoms with E-state index >= 15 is 0 Å². The van der Waals surface area contributed by atoms with Gasteiger partial charge in [-0.25, -0.2) is 13.6 Å². The van der Waals surface area contributed by atoms with Crippen molar-refractivity contribution in [3.8, 4) is 0 Å². The molecule has 0 aromatic heterocycles. The summed E-state index contributed by atoms with van der Waals surface area (Å²) in [4.78, 5) is 11.2. The summed E-state index contributed by atoms with van der Waals surface area (Å²) < 4.78 is 27.0. The minimum absolute atomic E-state index is 0.414. The monoisotopic (exact) mass is 263 g/mol. The number of carboxylic acids is 1. The lowest BCUT2D eigenvalue weighted by atomic mass is 10.1. The molecule has 2 aromatic carbocycles. The van der Waals surface area contributed by atoms with E-state index in [0.29, 0.717) is 5.56 Å². The Morgan fingerprint density at radius 2 is 1.58 bits per heavy atom. The van der Waals surface area contributed by atoms with Crippen LogP contribution in [-0.2, 0) is 4.79 Å². The highest BCUT2D eigenvalue weighted by molar-refractivity contribution is 5.79. The molecular formula is C14H11F2NO2. The van der Waals surface area contributed by atoms with Crippen LogP contribution in [-0.4, -0.2) is 11.1 Å². The zero-order valence-corrected chi connectivity index (χ0v) is 9.81. The van der Waals surface area contributed by atoms with E-state index in [2.05, 4.69) is 5.32 Å². The fourth-order valence-corrected chi connectivity index (χ4v) is 1.71. The number of anilines is 1. The van der Waals surface area contributed by atoms with Gasteiger partial charge in [-0.2, -0.15) is 0 Å². The number of hydrogen-bond donors (Lipinski definition) is 2. The van der Waals surface area contributed by atoms with E-state index in [-0.39, 0.29) is 0 Å². The molecule has 1 unspecified atom stereocenters. The standard InChI is InChI=1S/C14H11F2NO2/c15-10-7-4-8-11(16)13(10)17-12(14(18)19)9-5-2-1-3-6-9/h1-8,12,17H,(H,18,19). The largest absolute Gasteiger partial charge is 0.479 e. The number of aliphatic carboxylic acids is 1. The molecule has 0 saturated heterocycles. The van der Waals surface area contributed by atoms with Gasteiger partial charge in [0.25, 0.3) is 0 Å². The molecule has 0 aliphatic carbocycles. The molecule has 2 rings (SSSR count). The molecular weight excluding hydrogens is 252 g/mol. The minimum Gasteiger partial charge on any atom is -0.479 e. The molecule has 2 N–H and O–H groups in total. The number of nitrogens with one attached hydrogen (secondary N) is 1. The van der Waals surface area contributed by atoms with E-state index in [0.717, 1.165) is 12.1 Å². The van der Waals surface area contributed by atoms with Crippen molar-refractivity contribution in [2.24, 2.45) is 0 Å². The summed E-state index contributed by atoms with van der Waals surface area (Å²) in [6.07, 6.45) is 0. The Balaban J connectivity index is 2.35. The first-order chi connectivity index (χ1) is 9.09. The van der Waals surface area contributed by atoms with Crippen LogP contribution in [0.5, 0.6) is 0 Å². The van der Waals surface area contributed by atoms with Gasteiger partial charge in [-0.1, -0.05) is 36.4 Å². The van der Waals surface area contributed by atoms with Crippen LogP contribution < -0.4 is 5.32 Å². The fraction of sp³-hybridized carbons (Fsp3) is 0.0714. The predicted molar refractivity (Wildman–Crippen MR) is 66.8 cm³/mol. The second-order valence-electron chi connectivity index (χ2n) is 3.92. The van der Waals surface area contributed by atoms with Gasteiger partial charge in [0.2, 0.25) is 0 Å². The Morgan fingerprint density at radius 3 is 2.11 bits per heavy atom. The molecule has 1 atom stereocenters. The van der Waals surface area contributed by atoms with Crippen molar-refractivity contribution in [1.29, 1.82) is 0 Å². The van der Waals surface area contributed by atoms with E-state index in [4.69, 9.17) is 5.11 Å². The van der Waals surface area contributed by atoms with E-state index in [1.165, 1.54) is 6.07 Å². The number of hydrogen-bond acceptors (Lipinski definition) is 2. The highest BCUT2D eigenvalue weighted by atomic mass is 19.1. The zero-order chi connectivity index (χ0) is 13.8. The molecule has 0 saturated carbocycles. The molecule has 0 aliphatic heterocycles. The number of benzene rings is 2. The van der Waals surface area contributed by atoms with Gasteiger partial charge < -0.3 is 10.4 Å². The van der Waals surface area contributed by atoms with Crippen LogP contribution in [0.25, 0.3) is 0 Å². The van der Waals surface area contributed by atoms with Gasteiger partial charge in [-0.05, 0) is 17.7 Å². The molecule has 0 bridgehead atoms. The molecule has 5 heteroatoms. The smallest absolute Gasteiger partial charge is 0.330 e. The molecule has 19 heavy (non-hydrogen) atoms. The van der Waals surface area contributed by atoms with Gasteiger partial charge in [-0.15, -0.1) is 0 Å². The summed E-state index contributed by atoms with van der Waals surface area (Å²) in [5, 5.41) is 11.5. The van der Waals surface area contributed by atoms with Gasteiger partial charge in [0, 0.05) is 0 Å². The molecule has 2 aromatic rings. The minimum atomic E-state index is -1.22. The molecule has 0 aliphatic rings. The van der Waals surface area contributed by atoms with Crippen molar-refractivity contribution in [2.75, 3.05) is 5.32 Å². The number of para-hydroxylation sites is 1. The van der Waals surface area contributed by atoms with Gasteiger partial charge in [0.15, 0.2) is 6.04 Å². The van der Waals surface area contributed by atoms with E-state index < -0.39 is 29.3 Å². The molecule has 0 heterocycles. The van der Waals surface area contributed by atoms with E-state index in [9.17, 15) is 13.6 Å². The average molecular weight is 263 g/mol. The predicted octanol–water partition coefficient (Wildman–Crippen LogP) is 3.20. The third-order valence-electron chi connectivity index (χ3n) is 2.63. The number of halogens is 2. The lowest BCUT2D eigenvalue weighted by molar-refractivity contribution is -0.138. The Hall–Kier alpha value is -2.43. The van der Waals surface area contributed by atoms with Crippen molar-refractivity contribution in [3.63, 3.8) is 0 Å². The highest BCUT2D eigenvalue weighted by Gasteiger charge is 2.22. The summed E-state index contributed by atoms with van der Waals surface area (Å²) in [5.74, 6) is -2.88. The zero-order valence-electron chi connectivity index (χ0n) is 9.81. The second-order valence-corrected chi connectivity index (χ2v) is 3.92. The van der Waals surface area contributed by atoms with Crippen molar-refractivity contribution < 1.29 is 18.7 Å². The maximum absolute atomic E-state index is 13.5. The van der Waals surface area contributed by atoms with Crippen molar-refractivity contribution >= 4 is 11.7 Å². The third-order valence-corrected chi connectivity index (χ3v) is 2.63. The van der Waals surface area contributed by atoms with Crippen LogP contribution in [0.2, 0.25) is 0 Å². The molecule has 0 amide bonds. The lowest BCUT2D eigenvalue weighted by Gasteiger charge is -2.17. The number of rotatable bonds is 4. The second kappa shape index (κ2) is 5.48. The van der Waals surface area contributed by atoms with Crippen LogP contribution in [0.4, 0.5) is 14.5 Å². The van der Waals surface area contributed by atoms with Crippen LogP contribution in [0.15, 0.2) is 48.5 Å². The molecule has 98 valence electrons. The first-order valence-corrected chi connectivity index (χ1v) is 5.58. The Labute approximate surface area is 108 Å². The normalized spacial score (nSPS) is 11.9. The maximum atomic E-state index is 13.5. The van der Waals surface area contributed by atoms with Crippen LogP contribution in [0.1, 0.15) is 11.6 Å². The van der Waals surface area contributed by atoms with Gasteiger partial charge in [-0.3, -0.25) is 0 Å². The summed E-state index contributed by atoms with van der Waals surface area (Å²) in [6, 6.07) is 10.3. The van der Waals surface area contributed by atoms with Crippen LogP contribution in [0, 0.1) is 11.6 Å². The Kier molecular flexibility index (Phi) is 3.75.